The summed E-state index contributed by atoms with van der Waals surface area (Å²) in [5.74, 6) is 0.955. The molecule has 3 rings (SSSR count). The Morgan fingerprint density at radius 1 is 1.35 bits per heavy atom. The number of nitrogens with one attached hydrogen (secondary N) is 2. The van der Waals surface area contributed by atoms with Crippen LogP contribution in [0.2, 0.25) is 0 Å². The number of rotatable bonds is 4. The molecule has 0 fully saturated rings. The number of amides is 1. The van der Waals surface area contributed by atoms with Crippen LogP contribution < -0.4 is 10.1 Å². The maximum Gasteiger partial charge on any atom is 0.222 e. The van der Waals surface area contributed by atoms with E-state index < -0.39 is 0 Å². The van der Waals surface area contributed by atoms with E-state index in [1.165, 1.54) is 0 Å². The molecular formula is C13H11N5O2. The highest BCUT2D eigenvalue weighted by molar-refractivity contribution is 5.93. The van der Waals surface area contributed by atoms with Gasteiger partial charge in [-0.2, -0.15) is 5.10 Å². The van der Waals surface area contributed by atoms with Gasteiger partial charge in [-0.25, -0.2) is 9.97 Å². The minimum absolute atomic E-state index is 0.448. The number of nitrogens with zero attached hydrogens (tertiary/aromatic N) is 3. The van der Waals surface area contributed by atoms with Crippen LogP contribution in [-0.4, -0.2) is 33.7 Å². The SMILES string of the molecule is COc1ncccc1-c1[nH]nc2nc(NC=O)ccc12. The number of aromatic nitrogens is 4. The Morgan fingerprint density at radius 2 is 2.25 bits per heavy atom. The van der Waals surface area contributed by atoms with Crippen molar-refractivity contribution in [2.24, 2.45) is 0 Å². The Kier molecular flexibility index (Phi) is 3.00. The molecule has 1 amide bonds. The number of pyridine rings is 2. The van der Waals surface area contributed by atoms with Crippen LogP contribution in [0.5, 0.6) is 5.88 Å². The molecule has 0 bridgehead atoms. The number of hydrogen-bond acceptors (Lipinski definition) is 5. The van der Waals surface area contributed by atoms with Gasteiger partial charge in [-0.3, -0.25) is 9.89 Å². The van der Waals surface area contributed by atoms with Crippen molar-refractivity contribution in [3.63, 3.8) is 0 Å². The molecular weight excluding hydrogens is 258 g/mol. The molecule has 2 N–H and O–H groups in total. The lowest BCUT2D eigenvalue weighted by atomic mass is 10.1. The van der Waals surface area contributed by atoms with Crippen molar-refractivity contribution < 1.29 is 9.53 Å². The van der Waals surface area contributed by atoms with Crippen molar-refractivity contribution in [3.8, 4) is 17.1 Å². The Labute approximate surface area is 114 Å². The summed E-state index contributed by atoms with van der Waals surface area (Å²) in [6, 6.07) is 7.24. The Bertz CT molecular complexity index is 768. The van der Waals surface area contributed by atoms with Crippen molar-refractivity contribution >= 4 is 23.3 Å². The van der Waals surface area contributed by atoms with Crippen LogP contribution in [0.3, 0.4) is 0 Å². The Balaban J connectivity index is 2.15. The monoisotopic (exact) mass is 269 g/mol. The van der Waals surface area contributed by atoms with Crippen LogP contribution in [0, 0.1) is 0 Å². The van der Waals surface area contributed by atoms with Crippen molar-refractivity contribution in [1.29, 1.82) is 0 Å². The number of fused-ring (bicyclic) bond motifs is 1. The smallest absolute Gasteiger partial charge is 0.222 e. The van der Waals surface area contributed by atoms with Crippen LogP contribution in [0.1, 0.15) is 0 Å². The molecule has 0 saturated carbocycles. The largest absolute Gasteiger partial charge is 0.481 e. The first kappa shape index (κ1) is 12.1. The normalized spacial score (nSPS) is 10.4. The van der Waals surface area contributed by atoms with Gasteiger partial charge in [0.2, 0.25) is 12.3 Å². The van der Waals surface area contributed by atoms with Crippen molar-refractivity contribution in [2.75, 3.05) is 12.4 Å². The third-order valence-electron chi connectivity index (χ3n) is 2.86. The Hall–Kier alpha value is -2.96. The predicted molar refractivity (Wildman–Crippen MR) is 73.4 cm³/mol. The first-order chi connectivity index (χ1) is 9.83. The highest BCUT2D eigenvalue weighted by Crippen LogP contribution is 2.31. The zero-order valence-electron chi connectivity index (χ0n) is 10.6. The van der Waals surface area contributed by atoms with Gasteiger partial charge in [-0.05, 0) is 24.3 Å². The average molecular weight is 269 g/mol. The molecule has 0 aliphatic rings. The summed E-state index contributed by atoms with van der Waals surface area (Å²) in [5, 5.41) is 10.4. The summed E-state index contributed by atoms with van der Waals surface area (Å²) in [6.45, 7) is 0. The first-order valence-electron chi connectivity index (χ1n) is 5.88. The van der Waals surface area contributed by atoms with E-state index in [-0.39, 0.29) is 0 Å². The van der Waals surface area contributed by atoms with Crippen LogP contribution in [0.25, 0.3) is 22.3 Å². The number of carbonyl (C=O) groups excluding carboxylic acids is 1. The number of hydrogen-bond donors (Lipinski definition) is 2. The molecule has 100 valence electrons. The molecule has 0 spiro atoms. The summed E-state index contributed by atoms with van der Waals surface area (Å²) in [4.78, 5) is 18.8. The summed E-state index contributed by atoms with van der Waals surface area (Å²) >= 11 is 0. The molecule has 0 saturated heterocycles. The van der Waals surface area contributed by atoms with E-state index in [4.69, 9.17) is 4.74 Å². The van der Waals surface area contributed by atoms with Crippen molar-refractivity contribution in [1.82, 2.24) is 20.2 Å². The van der Waals surface area contributed by atoms with Crippen molar-refractivity contribution in [2.45, 2.75) is 0 Å². The molecule has 0 aromatic carbocycles. The lowest BCUT2D eigenvalue weighted by Crippen LogP contribution is -1.96. The van der Waals surface area contributed by atoms with E-state index in [9.17, 15) is 4.79 Å². The van der Waals surface area contributed by atoms with Crippen LogP contribution in [0.15, 0.2) is 30.5 Å². The minimum Gasteiger partial charge on any atom is -0.481 e. The minimum atomic E-state index is 0.448. The molecule has 0 aliphatic carbocycles. The van der Waals surface area contributed by atoms with Crippen molar-refractivity contribution in [3.05, 3.63) is 30.5 Å². The van der Waals surface area contributed by atoms with E-state index >= 15 is 0 Å². The molecule has 0 atom stereocenters. The third-order valence-corrected chi connectivity index (χ3v) is 2.86. The van der Waals surface area contributed by atoms with Crippen LogP contribution in [-0.2, 0) is 4.79 Å². The van der Waals surface area contributed by atoms with Gasteiger partial charge in [-0.1, -0.05) is 0 Å². The van der Waals surface area contributed by atoms with E-state index in [2.05, 4.69) is 25.5 Å². The molecule has 0 unspecified atom stereocenters. The number of carbonyl (C=O) groups is 1. The molecule has 3 aromatic heterocycles. The van der Waals surface area contributed by atoms with E-state index in [0.717, 1.165) is 16.6 Å². The zero-order valence-corrected chi connectivity index (χ0v) is 10.6. The second kappa shape index (κ2) is 4.96. The number of H-pyrrole nitrogens is 1. The number of aromatic amines is 1. The standard InChI is InChI=1S/C13H11N5O2/c1-20-13-9(3-2-6-14-13)11-8-4-5-10(15-7-19)16-12(8)18-17-11/h2-7H,1H3,(H2,15,16,17,18,19). The number of methoxy groups -OCH3 is 1. The molecule has 3 heterocycles. The van der Waals surface area contributed by atoms with Gasteiger partial charge < -0.3 is 10.1 Å². The van der Waals surface area contributed by atoms with Gasteiger partial charge >= 0.3 is 0 Å². The lowest BCUT2D eigenvalue weighted by Gasteiger charge is -2.05. The summed E-state index contributed by atoms with van der Waals surface area (Å²) in [6.07, 6.45) is 2.23. The Morgan fingerprint density at radius 3 is 3.05 bits per heavy atom. The molecule has 7 nitrogen and oxygen atoms in total. The van der Waals surface area contributed by atoms with E-state index in [1.54, 1.807) is 19.4 Å². The molecule has 20 heavy (non-hydrogen) atoms. The second-order valence-corrected chi connectivity index (χ2v) is 3.99. The summed E-state index contributed by atoms with van der Waals surface area (Å²) < 4.78 is 5.24. The lowest BCUT2D eigenvalue weighted by molar-refractivity contribution is -0.105. The van der Waals surface area contributed by atoms with Gasteiger partial charge in [0.15, 0.2) is 5.65 Å². The fraction of sp³-hybridized carbons (Fsp3) is 0.0769. The summed E-state index contributed by atoms with van der Waals surface area (Å²) in [7, 11) is 1.56. The van der Waals surface area contributed by atoms with Crippen LogP contribution >= 0.6 is 0 Å². The highest BCUT2D eigenvalue weighted by Gasteiger charge is 2.13. The maximum absolute atomic E-state index is 10.4. The number of ether oxygens (including phenoxy) is 1. The molecule has 0 radical (unpaired) electrons. The topological polar surface area (TPSA) is 92.8 Å². The quantitative estimate of drug-likeness (QED) is 0.702. The maximum atomic E-state index is 10.4. The van der Waals surface area contributed by atoms with Gasteiger partial charge in [0.05, 0.1) is 18.4 Å². The molecule has 7 heteroatoms. The van der Waals surface area contributed by atoms with E-state index in [0.29, 0.717) is 23.8 Å². The third kappa shape index (κ3) is 1.95. The van der Waals surface area contributed by atoms with Gasteiger partial charge in [0.25, 0.3) is 0 Å². The summed E-state index contributed by atoms with van der Waals surface area (Å²) in [5.41, 5.74) is 2.09. The predicted octanol–water partition coefficient (Wildman–Crippen LogP) is 1.60. The molecule has 3 aromatic rings. The second-order valence-electron chi connectivity index (χ2n) is 3.99. The highest BCUT2D eigenvalue weighted by atomic mass is 16.5. The van der Waals surface area contributed by atoms with Gasteiger partial charge in [-0.15, -0.1) is 0 Å². The fourth-order valence-corrected chi connectivity index (χ4v) is 1.99. The zero-order chi connectivity index (χ0) is 13.9. The molecule has 0 aliphatic heterocycles. The van der Waals surface area contributed by atoms with Gasteiger partial charge in [0.1, 0.15) is 5.82 Å². The average Bonchev–Trinajstić information content (AvgIpc) is 2.90. The number of anilines is 1. The van der Waals surface area contributed by atoms with E-state index in [1.807, 2.05) is 18.2 Å². The van der Waals surface area contributed by atoms with Crippen LogP contribution in [0.4, 0.5) is 5.82 Å². The van der Waals surface area contributed by atoms with Gasteiger partial charge in [0, 0.05) is 11.6 Å². The first-order valence-corrected chi connectivity index (χ1v) is 5.88. The fourth-order valence-electron chi connectivity index (χ4n) is 1.99.